The van der Waals surface area contributed by atoms with Gasteiger partial charge in [0.05, 0.1) is 20.5 Å². The van der Waals surface area contributed by atoms with Gasteiger partial charge >= 0.3 is 0 Å². The third-order valence-corrected chi connectivity index (χ3v) is 3.79. The number of nitro benzene ring substituents is 1. The first-order valence-electron chi connectivity index (χ1n) is 5.93. The van der Waals surface area contributed by atoms with Crippen molar-refractivity contribution in [1.29, 1.82) is 0 Å². The average Bonchev–Trinajstić information content (AvgIpc) is 2.44. The first-order valence-corrected chi connectivity index (χ1v) is 7.07. The first kappa shape index (κ1) is 16.5. The van der Waals surface area contributed by atoms with Gasteiger partial charge in [0.2, 0.25) is 0 Å². The van der Waals surface area contributed by atoms with Crippen molar-refractivity contribution in [3.8, 4) is 5.75 Å². The molecule has 2 aromatic carbocycles. The van der Waals surface area contributed by atoms with Gasteiger partial charge in [-0.05, 0) is 17.7 Å². The molecule has 0 saturated carbocycles. The van der Waals surface area contributed by atoms with E-state index in [9.17, 15) is 20.0 Å². The van der Waals surface area contributed by atoms with Crippen molar-refractivity contribution in [1.82, 2.24) is 0 Å². The molecule has 2 rings (SSSR count). The summed E-state index contributed by atoms with van der Waals surface area (Å²) in [6.45, 7) is 0. The number of benzene rings is 2. The third kappa shape index (κ3) is 3.50. The molecule has 0 spiro atoms. The van der Waals surface area contributed by atoms with Gasteiger partial charge in [-0.3, -0.25) is 14.9 Å². The highest BCUT2D eigenvalue weighted by Gasteiger charge is 2.18. The molecule has 0 saturated heterocycles. The predicted molar refractivity (Wildman–Crippen MR) is 84.3 cm³/mol. The van der Waals surface area contributed by atoms with Crippen LogP contribution >= 0.6 is 34.8 Å². The number of hydrogen-bond donors (Lipinski definition) is 1. The van der Waals surface area contributed by atoms with Crippen LogP contribution in [0.1, 0.15) is 15.9 Å². The number of nitro groups is 1. The molecule has 0 heterocycles. The highest BCUT2D eigenvalue weighted by molar-refractivity contribution is 6.36. The number of carbonyl (C=O) groups excluding carboxylic acids is 1. The van der Waals surface area contributed by atoms with Crippen LogP contribution in [0.25, 0.3) is 0 Å². The Morgan fingerprint density at radius 3 is 2.41 bits per heavy atom. The smallest absolute Gasteiger partial charge is 0.270 e. The summed E-state index contributed by atoms with van der Waals surface area (Å²) >= 11 is 17.5. The van der Waals surface area contributed by atoms with E-state index in [2.05, 4.69) is 0 Å². The Labute approximate surface area is 140 Å². The Kier molecular flexibility index (Phi) is 4.90. The van der Waals surface area contributed by atoms with E-state index in [1.54, 1.807) is 0 Å². The normalized spacial score (nSPS) is 10.5. The van der Waals surface area contributed by atoms with E-state index in [0.717, 1.165) is 6.07 Å². The molecule has 0 unspecified atom stereocenters. The van der Waals surface area contributed by atoms with Gasteiger partial charge in [0.1, 0.15) is 5.75 Å². The highest BCUT2D eigenvalue weighted by atomic mass is 35.5. The Morgan fingerprint density at radius 1 is 1.14 bits per heavy atom. The molecule has 0 fully saturated rings. The maximum Gasteiger partial charge on any atom is 0.270 e. The lowest BCUT2D eigenvalue weighted by atomic mass is 10.0. The summed E-state index contributed by atoms with van der Waals surface area (Å²) in [4.78, 5) is 22.3. The number of nitrogens with zero attached hydrogens (tertiary/aromatic N) is 1. The van der Waals surface area contributed by atoms with Crippen LogP contribution in [-0.4, -0.2) is 15.8 Å². The summed E-state index contributed by atoms with van der Waals surface area (Å²) in [6, 6.07) is 6.41. The second-order valence-corrected chi connectivity index (χ2v) is 5.67. The SMILES string of the molecule is O=C(Cc1ccc([N+](=O)[O-])cc1Cl)c1cc(Cl)cc(Cl)c1O. The molecule has 0 aliphatic rings. The van der Waals surface area contributed by atoms with E-state index in [4.69, 9.17) is 34.8 Å². The molecule has 0 aromatic heterocycles. The van der Waals surface area contributed by atoms with Gasteiger partial charge in [-0.15, -0.1) is 0 Å². The minimum absolute atomic E-state index is 0.0353. The van der Waals surface area contributed by atoms with E-state index >= 15 is 0 Å². The molecule has 0 aliphatic carbocycles. The molecule has 22 heavy (non-hydrogen) atoms. The maximum absolute atomic E-state index is 12.2. The Morgan fingerprint density at radius 2 is 1.82 bits per heavy atom. The van der Waals surface area contributed by atoms with Crippen LogP contribution in [0.4, 0.5) is 5.69 Å². The number of Topliss-reactive ketones (excluding diaryl/α,β-unsaturated/α-hetero) is 1. The van der Waals surface area contributed by atoms with E-state index in [1.165, 1.54) is 24.3 Å². The summed E-state index contributed by atoms with van der Waals surface area (Å²) in [6.07, 6.45) is -0.152. The molecule has 8 heteroatoms. The van der Waals surface area contributed by atoms with E-state index in [1.807, 2.05) is 0 Å². The van der Waals surface area contributed by atoms with Crippen molar-refractivity contribution in [3.63, 3.8) is 0 Å². The second kappa shape index (κ2) is 6.52. The van der Waals surface area contributed by atoms with Gasteiger partial charge in [0.25, 0.3) is 5.69 Å². The number of aromatic hydroxyl groups is 1. The standard InChI is InChI=1S/C14H8Cl3NO4/c15-8-4-10(14(20)12(17)5-8)13(19)3-7-1-2-9(18(21)22)6-11(7)16/h1-2,4-6,20H,3H2. The number of ketones is 1. The zero-order valence-corrected chi connectivity index (χ0v) is 13.1. The van der Waals surface area contributed by atoms with Crippen LogP contribution in [0.3, 0.4) is 0 Å². The van der Waals surface area contributed by atoms with Crippen LogP contribution in [0.2, 0.25) is 15.1 Å². The van der Waals surface area contributed by atoms with Crippen LogP contribution in [0.15, 0.2) is 30.3 Å². The molecular formula is C14H8Cl3NO4. The zero-order valence-electron chi connectivity index (χ0n) is 10.8. The lowest BCUT2D eigenvalue weighted by molar-refractivity contribution is -0.384. The summed E-state index contributed by atoms with van der Waals surface area (Å²) < 4.78 is 0. The third-order valence-electron chi connectivity index (χ3n) is 2.93. The van der Waals surface area contributed by atoms with Crippen molar-refractivity contribution < 1.29 is 14.8 Å². The molecule has 0 atom stereocenters. The van der Waals surface area contributed by atoms with Gasteiger partial charge in [0.15, 0.2) is 5.78 Å². The van der Waals surface area contributed by atoms with Crippen LogP contribution in [-0.2, 0) is 6.42 Å². The molecule has 1 N–H and O–H groups in total. The summed E-state index contributed by atoms with van der Waals surface area (Å²) in [5.41, 5.74) is 0.189. The van der Waals surface area contributed by atoms with Crippen LogP contribution < -0.4 is 0 Å². The number of phenols is 1. The largest absolute Gasteiger partial charge is 0.506 e. The van der Waals surface area contributed by atoms with Crippen molar-refractivity contribution in [3.05, 3.63) is 66.6 Å². The van der Waals surface area contributed by atoms with Gasteiger partial charge in [-0.2, -0.15) is 0 Å². The number of carbonyl (C=O) groups is 1. The Balaban J connectivity index is 2.32. The molecule has 2 aromatic rings. The van der Waals surface area contributed by atoms with Gasteiger partial charge < -0.3 is 5.11 Å². The minimum Gasteiger partial charge on any atom is -0.506 e. The van der Waals surface area contributed by atoms with E-state index in [0.29, 0.717) is 5.56 Å². The fourth-order valence-electron chi connectivity index (χ4n) is 1.84. The van der Waals surface area contributed by atoms with Crippen molar-refractivity contribution >= 4 is 46.3 Å². The highest BCUT2D eigenvalue weighted by Crippen LogP contribution is 2.32. The van der Waals surface area contributed by atoms with Gasteiger partial charge in [-0.25, -0.2) is 0 Å². The molecule has 0 bridgehead atoms. The fraction of sp³-hybridized carbons (Fsp3) is 0.0714. The lowest BCUT2D eigenvalue weighted by Crippen LogP contribution is -2.05. The van der Waals surface area contributed by atoms with Gasteiger partial charge in [0, 0.05) is 23.6 Å². The van der Waals surface area contributed by atoms with Crippen molar-refractivity contribution in [2.45, 2.75) is 6.42 Å². The predicted octanol–water partition coefficient (Wildman–Crippen LogP) is 4.69. The maximum atomic E-state index is 12.2. The molecular weight excluding hydrogens is 353 g/mol. The van der Waals surface area contributed by atoms with Gasteiger partial charge in [-0.1, -0.05) is 40.9 Å². The van der Waals surface area contributed by atoms with Crippen LogP contribution in [0.5, 0.6) is 5.75 Å². The van der Waals surface area contributed by atoms with E-state index < -0.39 is 10.7 Å². The molecule has 0 radical (unpaired) electrons. The topological polar surface area (TPSA) is 80.4 Å². The van der Waals surface area contributed by atoms with E-state index in [-0.39, 0.29) is 38.5 Å². The summed E-state index contributed by atoms with van der Waals surface area (Å²) in [5.74, 6) is -0.827. The molecule has 0 amide bonds. The summed E-state index contributed by atoms with van der Waals surface area (Å²) in [7, 11) is 0. The Hall–Kier alpha value is -1.82. The quantitative estimate of drug-likeness (QED) is 0.487. The number of phenolic OH excluding ortho intramolecular Hbond substituents is 1. The first-order chi connectivity index (χ1) is 10.3. The molecule has 0 aliphatic heterocycles. The number of hydrogen-bond acceptors (Lipinski definition) is 4. The average molecular weight is 361 g/mol. The number of halogens is 3. The fourth-order valence-corrected chi connectivity index (χ4v) is 2.57. The molecule has 5 nitrogen and oxygen atoms in total. The minimum atomic E-state index is -0.583. The second-order valence-electron chi connectivity index (χ2n) is 4.42. The van der Waals surface area contributed by atoms with Crippen LogP contribution in [0, 0.1) is 10.1 Å². The molecule has 114 valence electrons. The Bertz CT molecular complexity index is 777. The monoisotopic (exact) mass is 359 g/mol. The lowest BCUT2D eigenvalue weighted by Gasteiger charge is -2.07. The number of rotatable bonds is 4. The zero-order chi connectivity index (χ0) is 16.4. The van der Waals surface area contributed by atoms with Crippen molar-refractivity contribution in [2.24, 2.45) is 0 Å². The van der Waals surface area contributed by atoms with Crippen molar-refractivity contribution in [2.75, 3.05) is 0 Å². The number of non-ortho nitro benzene ring substituents is 1. The summed E-state index contributed by atoms with van der Waals surface area (Å²) in [5, 5.41) is 20.7.